The van der Waals surface area contributed by atoms with Gasteiger partial charge < -0.3 is 10.3 Å². The molecule has 100 valence electrons. The van der Waals surface area contributed by atoms with E-state index in [4.69, 9.17) is 21.9 Å². The molecular formula is C14H14ClFN2O. The van der Waals surface area contributed by atoms with Crippen molar-refractivity contribution in [3.63, 3.8) is 0 Å². The number of aromatic nitrogens is 1. The van der Waals surface area contributed by atoms with E-state index in [0.717, 1.165) is 12.1 Å². The summed E-state index contributed by atoms with van der Waals surface area (Å²) in [4.78, 5) is 0. The molecule has 1 aliphatic rings. The van der Waals surface area contributed by atoms with Gasteiger partial charge >= 0.3 is 0 Å². The van der Waals surface area contributed by atoms with E-state index in [1.165, 1.54) is 12.1 Å². The number of halogens is 2. The highest BCUT2D eigenvalue weighted by Crippen LogP contribution is 2.60. The number of nitrogen functional groups attached to an aromatic ring is 1. The monoisotopic (exact) mass is 280 g/mol. The molecule has 1 unspecified atom stereocenters. The number of nitrogens with zero attached hydrogens (tertiary/aromatic N) is 1. The number of benzene rings is 1. The summed E-state index contributed by atoms with van der Waals surface area (Å²) in [5.74, 6) is 0.160. The fraction of sp³-hybridized carbons (Fsp3) is 0.357. The van der Waals surface area contributed by atoms with Crippen LogP contribution < -0.4 is 5.73 Å². The third kappa shape index (κ3) is 2.00. The van der Waals surface area contributed by atoms with Crippen molar-refractivity contribution in [2.24, 2.45) is 5.41 Å². The third-order valence-corrected chi connectivity index (χ3v) is 4.10. The van der Waals surface area contributed by atoms with Crippen LogP contribution in [0.15, 0.2) is 22.7 Å². The summed E-state index contributed by atoms with van der Waals surface area (Å²) in [6.45, 7) is 4.33. The van der Waals surface area contributed by atoms with Gasteiger partial charge in [0.1, 0.15) is 5.82 Å². The highest BCUT2D eigenvalue weighted by molar-refractivity contribution is 6.33. The van der Waals surface area contributed by atoms with Gasteiger partial charge in [0.15, 0.2) is 0 Å². The minimum atomic E-state index is -0.378. The molecule has 2 N–H and O–H groups in total. The maximum atomic E-state index is 13.1. The van der Waals surface area contributed by atoms with Gasteiger partial charge in [-0.1, -0.05) is 30.6 Å². The molecule has 1 aromatic heterocycles. The molecule has 1 heterocycles. The molecule has 0 saturated heterocycles. The Bertz CT molecular complexity index is 651. The van der Waals surface area contributed by atoms with Gasteiger partial charge in [-0.25, -0.2) is 4.39 Å². The molecule has 0 aliphatic heterocycles. The Morgan fingerprint density at radius 1 is 1.47 bits per heavy atom. The number of hydrogen-bond acceptors (Lipinski definition) is 3. The second-order valence-corrected chi connectivity index (χ2v) is 6.08. The second kappa shape index (κ2) is 3.97. The number of hydrogen-bond donors (Lipinski definition) is 1. The lowest BCUT2D eigenvalue weighted by molar-refractivity contribution is 0.424. The Morgan fingerprint density at radius 3 is 2.74 bits per heavy atom. The molecule has 3 rings (SSSR count). The van der Waals surface area contributed by atoms with Crippen LogP contribution in [0.3, 0.4) is 0 Å². The van der Waals surface area contributed by atoms with E-state index in [1.807, 2.05) is 0 Å². The molecule has 19 heavy (non-hydrogen) atoms. The molecule has 0 bridgehead atoms. The molecule has 0 amide bonds. The van der Waals surface area contributed by atoms with Crippen LogP contribution in [0.5, 0.6) is 0 Å². The summed E-state index contributed by atoms with van der Waals surface area (Å²) < 4.78 is 18.2. The lowest BCUT2D eigenvalue weighted by Gasteiger charge is -2.06. The zero-order chi connectivity index (χ0) is 13.8. The first-order chi connectivity index (χ1) is 8.90. The summed E-state index contributed by atoms with van der Waals surface area (Å²) in [5.41, 5.74) is 8.23. The van der Waals surface area contributed by atoms with Crippen LogP contribution >= 0.6 is 11.6 Å². The van der Waals surface area contributed by atoms with Crippen LogP contribution in [0.2, 0.25) is 5.02 Å². The smallest absolute Gasteiger partial charge is 0.230 e. The van der Waals surface area contributed by atoms with Crippen molar-refractivity contribution >= 4 is 17.5 Å². The Balaban J connectivity index is 2.12. The summed E-state index contributed by atoms with van der Waals surface area (Å²) in [6, 6.07) is 4.24. The van der Waals surface area contributed by atoms with Crippen LogP contribution in [0.25, 0.3) is 11.1 Å². The predicted molar refractivity (Wildman–Crippen MR) is 72.5 cm³/mol. The SMILES string of the molecule is CC1(C)CC1c1noc(N)c1-c1ccc(F)cc1Cl. The second-order valence-electron chi connectivity index (χ2n) is 5.68. The normalized spacial score (nSPS) is 20.5. The number of anilines is 1. The van der Waals surface area contributed by atoms with Crippen molar-refractivity contribution in [1.82, 2.24) is 5.16 Å². The van der Waals surface area contributed by atoms with E-state index >= 15 is 0 Å². The average Bonchev–Trinajstić information content (AvgIpc) is 2.78. The first kappa shape index (κ1) is 12.5. The molecule has 1 fully saturated rings. The van der Waals surface area contributed by atoms with Crippen LogP contribution in [-0.2, 0) is 0 Å². The molecule has 1 saturated carbocycles. The standard InChI is InChI=1S/C14H14ClFN2O/c1-14(2)6-9(14)12-11(13(17)19-18-12)8-4-3-7(16)5-10(8)15/h3-5,9H,6,17H2,1-2H3. The molecule has 5 heteroatoms. The minimum absolute atomic E-state index is 0.199. The Labute approximate surface area is 115 Å². The van der Waals surface area contributed by atoms with Crippen LogP contribution in [0.4, 0.5) is 10.3 Å². The van der Waals surface area contributed by atoms with E-state index in [-0.39, 0.29) is 17.1 Å². The summed E-state index contributed by atoms with van der Waals surface area (Å²) >= 11 is 6.10. The number of rotatable bonds is 2. The van der Waals surface area contributed by atoms with E-state index in [9.17, 15) is 4.39 Å². The predicted octanol–water partition coefficient (Wildman–Crippen LogP) is 4.23. The maximum Gasteiger partial charge on any atom is 0.230 e. The quantitative estimate of drug-likeness (QED) is 0.895. The Morgan fingerprint density at radius 2 is 2.16 bits per heavy atom. The van der Waals surface area contributed by atoms with Gasteiger partial charge in [0.05, 0.1) is 16.3 Å². The van der Waals surface area contributed by atoms with Crippen molar-refractivity contribution in [1.29, 1.82) is 0 Å². The van der Waals surface area contributed by atoms with Gasteiger partial charge in [0, 0.05) is 11.5 Å². The summed E-state index contributed by atoms with van der Waals surface area (Å²) in [5, 5.41) is 4.38. The van der Waals surface area contributed by atoms with Gasteiger partial charge in [0.2, 0.25) is 5.88 Å². The van der Waals surface area contributed by atoms with E-state index in [1.54, 1.807) is 6.07 Å². The molecule has 1 aromatic carbocycles. The van der Waals surface area contributed by atoms with Crippen LogP contribution in [0, 0.1) is 11.2 Å². The number of nitrogens with two attached hydrogens (primary N) is 1. The molecule has 2 aromatic rings. The van der Waals surface area contributed by atoms with Gasteiger partial charge in [0.25, 0.3) is 0 Å². The van der Waals surface area contributed by atoms with Crippen molar-refractivity contribution in [3.8, 4) is 11.1 Å². The largest absolute Gasteiger partial charge is 0.367 e. The fourth-order valence-corrected chi connectivity index (χ4v) is 2.71. The van der Waals surface area contributed by atoms with Crippen molar-refractivity contribution < 1.29 is 8.91 Å². The Kier molecular flexibility index (Phi) is 2.61. The van der Waals surface area contributed by atoms with Crippen LogP contribution in [-0.4, -0.2) is 5.16 Å². The van der Waals surface area contributed by atoms with Crippen molar-refractivity contribution in [2.45, 2.75) is 26.2 Å². The third-order valence-electron chi connectivity index (χ3n) is 3.79. The molecular weight excluding hydrogens is 267 g/mol. The zero-order valence-electron chi connectivity index (χ0n) is 10.7. The highest BCUT2D eigenvalue weighted by Gasteiger charge is 2.50. The van der Waals surface area contributed by atoms with Gasteiger partial charge in [-0.2, -0.15) is 0 Å². The lowest BCUT2D eigenvalue weighted by Crippen LogP contribution is -1.94. The van der Waals surface area contributed by atoms with E-state index in [0.29, 0.717) is 22.1 Å². The zero-order valence-corrected chi connectivity index (χ0v) is 11.5. The van der Waals surface area contributed by atoms with Crippen molar-refractivity contribution in [3.05, 3.63) is 34.7 Å². The molecule has 3 nitrogen and oxygen atoms in total. The average molecular weight is 281 g/mol. The fourth-order valence-electron chi connectivity index (χ4n) is 2.45. The Hall–Kier alpha value is -1.55. The van der Waals surface area contributed by atoms with E-state index in [2.05, 4.69) is 19.0 Å². The van der Waals surface area contributed by atoms with E-state index < -0.39 is 0 Å². The van der Waals surface area contributed by atoms with Gasteiger partial charge in [-0.3, -0.25) is 0 Å². The summed E-state index contributed by atoms with van der Waals surface area (Å²) in [7, 11) is 0. The highest BCUT2D eigenvalue weighted by atomic mass is 35.5. The van der Waals surface area contributed by atoms with Crippen LogP contribution in [0.1, 0.15) is 31.9 Å². The summed E-state index contributed by atoms with van der Waals surface area (Å²) in [6.07, 6.45) is 1.03. The molecule has 1 atom stereocenters. The van der Waals surface area contributed by atoms with Crippen molar-refractivity contribution in [2.75, 3.05) is 5.73 Å². The molecule has 1 aliphatic carbocycles. The molecule has 0 spiro atoms. The minimum Gasteiger partial charge on any atom is -0.367 e. The van der Waals surface area contributed by atoms with Gasteiger partial charge in [-0.05, 0) is 30.0 Å². The maximum absolute atomic E-state index is 13.1. The first-order valence-electron chi connectivity index (χ1n) is 6.10. The lowest BCUT2D eigenvalue weighted by atomic mass is 9.99. The topological polar surface area (TPSA) is 52.0 Å². The van der Waals surface area contributed by atoms with Gasteiger partial charge in [-0.15, -0.1) is 0 Å². The molecule has 0 radical (unpaired) electrons. The first-order valence-corrected chi connectivity index (χ1v) is 6.48.